The second-order valence-corrected chi connectivity index (χ2v) is 5.52. The number of ether oxygens (including phenoxy) is 1. The summed E-state index contributed by atoms with van der Waals surface area (Å²) in [6.07, 6.45) is 0. The number of methoxy groups -OCH3 is 1. The molecule has 18 heavy (non-hydrogen) atoms. The summed E-state index contributed by atoms with van der Waals surface area (Å²) in [5, 5.41) is 0. The molecule has 0 spiro atoms. The number of rotatable bonds is 6. The lowest BCUT2D eigenvalue weighted by Crippen LogP contribution is -2.30. The van der Waals surface area contributed by atoms with E-state index in [9.17, 15) is 18.0 Å². The van der Waals surface area contributed by atoms with Gasteiger partial charge in [0.1, 0.15) is 6.61 Å². The molecule has 0 fully saturated rings. The van der Waals surface area contributed by atoms with E-state index in [4.69, 9.17) is 5.73 Å². The third-order valence-corrected chi connectivity index (χ3v) is 4.12. The van der Waals surface area contributed by atoms with Crippen LogP contribution in [0.15, 0.2) is 9.72 Å². The van der Waals surface area contributed by atoms with E-state index in [0.717, 1.165) is 12.6 Å². The van der Waals surface area contributed by atoms with Crippen molar-refractivity contribution in [1.29, 1.82) is 0 Å². The van der Waals surface area contributed by atoms with E-state index < -0.39 is 28.5 Å². The minimum Gasteiger partial charge on any atom is -0.464 e. The molecule has 3 N–H and O–H groups in total. The molecule has 0 radical (unpaired) electrons. The molecule has 0 saturated heterocycles. The highest BCUT2D eigenvalue weighted by Gasteiger charge is 2.26. The Hall–Kier alpha value is -1.56. The first-order valence-corrected chi connectivity index (χ1v) is 6.68. The number of nitrogens with two attached hydrogens (primary N) is 1. The maximum absolute atomic E-state index is 11.7. The number of carbonyl (C=O) groups is 2. The van der Waals surface area contributed by atoms with Gasteiger partial charge in [-0.15, -0.1) is 11.3 Å². The summed E-state index contributed by atoms with van der Waals surface area (Å²) in [6, 6.07) is 0. The maximum Gasteiger partial charge on any atom is 0.358 e. The third-order valence-electron chi connectivity index (χ3n) is 1.54. The second kappa shape index (κ2) is 5.86. The van der Waals surface area contributed by atoms with Crippen LogP contribution >= 0.6 is 11.3 Å². The number of primary amides is 1. The van der Waals surface area contributed by atoms with Gasteiger partial charge in [0.2, 0.25) is 5.91 Å². The van der Waals surface area contributed by atoms with Crippen LogP contribution in [-0.4, -0.2) is 39.0 Å². The number of hydrogen-bond acceptors (Lipinski definition) is 8. The molecule has 1 aromatic rings. The Labute approximate surface area is 106 Å². The van der Waals surface area contributed by atoms with Gasteiger partial charge in [0, 0.05) is 0 Å². The lowest BCUT2D eigenvalue weighted by molar-refractivity contribution is -0.123. The Morgan fingerprint density at radius 1 is 1.56 bits per heavy atom. The zero-order valence-electron chi connectivity index (χ0n) is 9.08. The third kappa shape index (κ3) is 3.46. The Morgan fingerprint density at radius 2 is 2.22 bits per heavy atom. The van der Waals surface area contributed by atoms with Crippen molar-refractivity contribution in [1.82, 2.24) is 9.87 Å². The summed E-state index contributed by atoms with van der Waals surface area (Å²) in [4.78, 5) is 31.2. The zero-order chi connectivity index (χ0) is 13.8. The Balaban J connectivity index is 2.89. The van der Waals surface area contributed by atoms with Gasteiger partial charge in [0.05, 0.1) is 12.6 Å². The second-order valence-electron chi connectivity index (χ2n) is 2.82. The summed E-state index contributed by atoms with van der Waals surface area (Å²) in [7, 11) is -3.03. The van der Waals surface area contributed by atoms with Crippen LogP contribution in [0.5, 0.6) is 0 Å². The van der Waals surface area contributed by atoms with Crippen molar-refractivity contribution < 1.29 is 27.6 Å². The maximum atomic E-state index is 11.7. The Bertz CT molecular complexity index is 551. The largest absolute Gasteiger partial charge is 0.464 e. The van der Waals surface area contributed by atoms with E-state index >= 15 is 0 Å². The molecule has 0 aliphatic carbocycles. The molecule has 0 unspecified atom stereocenters. The van der Waals surface area contributed by atoms with E-state index in [1.54, 1.807) is 4.89 Å². The molecular weight excluding hydrogens is 286 g/mol. The number of hydrogen-bond donors (Lipinski definition) is 2. The molecule has 0 saturated carbocycles. The molecule has 11 heteroatoms. The highest BCUT2D eigenvalue weighted by Crippen LogP contribution is 2.20. The molecule has 9 nitrogen and oxygen atoms in total. The predicted molar refractivity (Wildman–Crippen MR) is 58.9 cm³/mol. The molecule has 100 valence electrons. The first kappa shape index (κ1) is 14.5. The number of aromatic nitrogens is 1. The van der Waals surface area contributed by atoms with E-state index in [1.807, 2.05) is 0 Å². The fourth-order valence-corrected chi connectivity index (χ4v) is 2.79. The molecule has 1 amide bonds. The minimum absolute atomic E-state index is 0.363. The van der Waals surface area contributed by atoms with Crippen LogP contribution in [0.2, 0.25) is 0 Å². The first-order chi connectivity index (χ1) is 8.38. The van der Waals surface area contributed by atoms with Gasteiger partial charge in [0.15, 0.2) is 9.90 Å². The van der Waals surface area contributed by atoms with Gasteiger partial charge in [-0.3, -0.25) is 9.63 Å². The number of amides is 1. The molecule has 0 aliphatic heterocycles. The van der Waals surface area contributed by atoms with Gasteiger partial charge in [0.25, 0.3) is 10.0 Å². The fraction of sp³-hybridized carbons (Fsp3) is 0.286. The lowest BCUT2D eigenvalue weighted by Gasteiger charge is -2.04. The van der Waals surface area contributed by atoms with E-state index in [0.29, 0.717) is 11.3 Å². The molecule has 1 aromatic heterocycles. The van der Waals surface area contributed by atoms with Crippen molar-refractivity contribution in [2.75, 3.05) is 13.7 Å². The number of carbonyl (C=O) groups excluding carboxylic acids is 2. The van der Waals surface area contributed by atoms with Gasteiger partial charge in [-0.1, -0.05) is 4.89 Å². The van der Waals surface area contributed by atoms with Crippen molar-refractivity contribution in [2.24, 2.45) is 5.73 Å². The van der Waals surface area contributed by atoms with Crippen LogP contribution in [0.1, 0.15) is 10.5 Å². The number of sulfonamides is 1. The standard InChI is InChI=1S/C7H9N3O6S2/c1-15-6(12)5-7(17-3-9-5)18(13,14)10-16-2-4(8)11/h3,10H,2H2,1H3,(H2,8,11). The van der Waals surface area contributed by atoms with Gasteiger partial charge >= 0.3 is 5.97 Å². The minimum atomic E-state index is -4.12. The predicted octanol–water partition coefficient (Wildman–Crippen LogP) is -1.38. The smallest absolute Gasteiger partial charge is 0.358 e. The molecule has 1 heterocycles. The number of nitrogens with zero attached hydrogens (tertiary/aromatic N) is 1. The van der Waals surface area contributed by atoms with Crippen LogP contribution in [0, 0.1) is 0 Å². The Kier molecular flexibility index (Phi) is 4.72. The average molecular weight is 295 g/mol. The van der Waals surface area contributed by atoms with Gasteiger partial charge < -0.3 is 10.5 Å². The molecule has 0 atom stereocenters. The van der Waals surface area contributed by atoms with Gasteiger partial charge in [-0.05, 0) is 0 Å². The quantitative estimate of drug-likeness (QED) is 0.487. The summed E-state index contributed by atoms with van der Waals surface area (Å²) in [6.45, 7) is -0.633. The van der Waals surface area contributed by atoms with E-state index in [-0.39, 0.29) is 9.90 Å². The van der Waals surface area contributed by atoms with Gasteiger partial charge in [-0.25, -0.2) is 18.2 Å². The highest BCUT2D eigenvalue weighted by atomic mass is 32.2. The fourth-order valence-electron chi connectivity index (χ4n) is 0.875. The first-order valence-electron chi connectivity index (χ1n) is 4.32. The molecule has 0 aliphatic rings. The van der Waals surface area contributed by atoms with Crippen molar-refractivity contribution in [3.8, 4) is 0 Å². The van der Waals surface area contributed by atoms with Crippen molar-refractivity contribution in [3.05, 3.63) is 11.2 Å². The number of nitrogens with one attached hydrogen (secondary N) is 1. The normalized spacial score (nSPS) is 11.2. The van der Waals surface area contributed by atoms with Crippen LogP contribution in [0.3, 0.4) is 0 Å². The summed E-state index contributed by atoms with van der Waals surface area (Å²) < 4.78 is 27.4. The summed E-state index contributed by atoms with van der Waals surface area (Å²) >= 11 is 0.700. The average Bonchev–Trinajstić information content (AvgIpc) is 2.76. The SMILES string of the molecule is COC(=O)c1ncsc1S(=O)(=O)NOCC(N)=O. The van der Waals surface area contributed by atoms with Crippen molar-refractivity contribution in [2.45, 2.75) is 4.21 Å². The lowest BCUT2D eigenvalue weighted by atomic mass is 10.5. The van der Waals surface area contributed by atoms with E-state index in [2.05, 4.69) is 14.6 Å². The summed E-state index contributed by atoms with van der Waals surface area (Å²) in [5.74, 6) is -1.75. The Morgan fingerprint density at radius 3 is 2.78 bits per heavy atom. The number of thiazole rings is 1. The topological polar surface area (TPSA) is 138 Å². The number of esters is 1. The monoisotopic (exact) mass is 295 g/mol. The molecule has 0 aromatic carbocycles. The zero-order valence-corrected chi connectivity index (χ0v) is 10.7. The van der Waals surface area contributed by atoms with Crippen LogP contribution in [0.4, 0.5) is 0 Å². The molecular formula is C7H9N3O6S2. The van der Waals surface area contributed by atoms with Crippen LogP contribution in [0.25, 0.3) is 0 Å². The highest BCUT2D eigenvalue weighted by molar-refractivity contribution is 7.91. The van der Waals surface area contributed by atoms with Crippen LogP contribution in [-0.2, 0) is 24.4 Å². The van der Waals surface area contributed by atoms with Gasteiger partial charge in [-0.2, -0.15) is 0 Å². The summed E-state index contributed by atoms with van der Waals surface area (Å²) in [5.41, 5.74) is 5.56. The van der Waals surface area contributed by atoms with E-state index in [1.165, 1.54) is 0 Å². The molecule has 0 bridgehead atoms. The molecule has 1 rings (SSSR count). The van der Waals surface area contributed by atoms with Crippen molar-refractivity contribution >= 4 is 33.2 Å². The van der Waals surface area contributed by atoms with Crippen LogP contribution < -0.4 is 10.6 Å². The van der Waals surface area contributed by atoms with Crippen molar-refractivity contribution in [3.63, 3.8) is 0 Å².